The lowest BCUT2D eigenvalue weighted by atomic mass is 10.0. The van der Waals surface area contributed by atoms with Crippen molar-refractivity contribution in [1.82, 2.24) is 4.72 Å². The molecule has 0 bridgehead atoms. The Labute approximate surface area is 134 Å². The van der Waals surface area contributed by atoms with Crippen molar-refractivity contribution in [2.24, 2.45) is 0 Å². The molecule has 1 aliphatic heterocycles. The number of nitrogens with one attached hydrogen (secondary N) is 2. The fourth-order valence-corrected chi connectivity index (χ4v) is 3.83. The summed E-state index contributed by atoms with van der Waals surface area (Å²) < 4.78 is 33.1. The minimum atomic E-state index is -3.67. The standard InChI is InChI=1S/C16H18N2O4S/c1-10-3-7-15(22-10)11(2)18-23(20,21)13-5-6-14-12(9-13)4-8-16(19)17-14/h3,5-7,9,11,18H,4,8H2,1-2H3,(H,17,19)/t11-/m1/s1. The molecule has 0 fully saturated rings. The van der Waals surface area contributed by atoms with Crippen LogP contribution < -0.4 is 10.0 Å². The summed E-state index contributed by atoms with van der Waals surface area (Å²) in [7, 11) is -3.67. The van der Waals surface area contributed by atoms with Gasteiger partial charge in [0.2, 0.25) is 15.9 Å². The van der Waals surface area contributed by atoms with Crippen LogP contribution in [0.15, 0.2) is 39.6 Å². The van der Waals surface area contributed by atoms with Gasteiger partial charge in [-0.15, -0.1) is 0 Å². The van der Waals surface area contributed by atoms with Crippen LogP contribution in [-0.2, 0) is 21.2 Å². The molecule has 0 spiro atoms. The van der Waals surface area contributed by atoms with Crippen molar-refractivity contribution in [3.63, 3.8) is 0 Å². The quantitative estimate of drug-likeness (QED) is 0.899. The molecule has 1 aromatic heterocycles. The van der Waals surface area contributed by atoms with Crippen LogP contribution in [0.25, 0.3) is 0 Å². The normalized spacial score (nSPS) is 15.8. The summed E-state index contributed by atoms with van der Waals surface area (Å²) in [6.07, 6.45) is 0.906. The largest absolute Gasteiger partial charge is 0.465 e. The van der Waals surface area contributed by atoms with Crippen molar-refractivity contribution in [2.75, 3.05) is 5.32 Å². The van der Waals surface area contributed by atoms with Gasteiger partial charge in [0.25, 0.3) is 0 Å². The first-order chi connectivity index (χ1) is 10.8. The summed E-state index contributed by atoms with van der Waals surface area (Å²) in [6, 6.07) is 7.81. The number of benzene rings is 1. The minimum absolute atomic E-state index is 0.0481. The first-order valence-electron chi connectivity index (χ1n) is 7.36. The number of hydrogen-bond acceptors (Lipinski definition) is 4. The van der Waals surface area contributed by atoms with E-state index in [1.165, 1.54) is 6.07 Å². The van der Waals surface area contributed by atoms with Crippen molar-refractivity contribution < 1.29 is 17.6 Å². The second-order valence-corrected chi connectivity index (χ2v) is 7.37. The third-order valence-electron chi connectivity index (χ3n) is 3.80. The lowest BCUT2D eigenvalue weighted by Crippen LogP contribution is -2.27. The Morgan fingerprint density at radius 2 is 2.00 bits per heavy atom. The minimum Gasteiger partial charge on any atom is -0.465 e. The number of carbonyl (C=O) groups excluding carboxylic acids is 1. The molecule has 122 valence electrons. The SMILES string of the molecule is Cc1ccc([C@@H](C)NS(=O)(=O)c2ccc3c(c2)CCC(=O)N3)o1. The predicted molar refractivity (Wildman–Crippen MR) is 85.6 cm³/mol. The second kappa shape index (κ2) is 5.82. The molecule has 0 aliphatic carbocycles. The smallest absolute Gasteiger partial charge is 0.241 e. The first kappa shape index (κ1) is 15.8. The van der Waals surface area contributed by atoms with E-state index < -0.39 is 16.1 Å². The number of rotatable bonds is 4. The molecule has 1 aliphatic rings. The number of anilines is 1. The molecular formula is C16H18N2O4S. The van der Waals surface area contributed by atoms with Crippen LogP contribution in [0.2, 0.25) is 0 Å². The first-order valence-corrected chi connectivity index (χ1v) is 8.85. The lowest BCUT2D eigenvalue weighted by Gasteiger charge is -2.18. The summed E-state index contributed by atoms with van der Waals surface area (Å²) in [5.41, 5.74) is 1.50. The van der Waals surface area contributed by atoms with E-state index in [4.69, 9.17) is 4.42 Å². The van der Waals surface area contributed by atoms with Crippen LogP contribution >= 0.6 is 0 Å². The molecule has 1 atom stereocenters. The topological polar surface area (TPSA) is 88.4 Å². The van der Waals surface area contributed by atoms with E-state index in [1.54, 1.807) is 31.2 Å². The van der Waals surface area contributed by atoms with E-state index in [0.29, 0.717) is 24.3 Å². The van der Waals surface area contributed by atoms with Crippen molar-refractivity contribution in [3.8, 4) is 0 Å². The van der Waals surface area contributed by atoms with Crippen LogP contribution in [0.4, 0.5) is 5.69 Å². The van der Waals surface area contributed by atoms with Crippen LogP contribution in [0.3, 0.4) is 0 Å². The molecule has 0 radical (unpaired) electrons. The van der Waals surface area contributed by atoms with E-state index in [2.05, 4.69) is 10.0 Å². The number of fused-ring (bicyclic) bond motifs is 1. The van der Waals surface area contributed by atoms with Gasteiger partial charge in [-0.05, 0) is 56.2 Å². The van der Waals surface area contributed by atoms with Crippen LogP contribution in [0, 0.1) is 6.92 Å². The molecule has 1 aromatic carbocycles. The summed E-state index contributed by atoms with van der Waals surface area (Å²) >= 11 is 0. The van der Waals surface area contributed by atoms with Crippen LogP contribution in [-0.4, -0.2) is 14.3 Å². The monoisotopic (exact) mass is 334 g/mol. The van der Waals surface area contributed by atoms with Gasteiger partial charge in [0.15, 0.2) is 0 Å². The fraction of sp³-hybridized carbons (Fsp3) is 0.312. The third kappa shape index (κ3) is 3.30. The molecule has 3 rings (SSSR count). The average molecular weight is 334 g/mol. The maximum Gasteiger partial charge on any atom is 0.241 e. The molecule has 2 heterocycles. The molecule has 2 N–H and O–H groups in total. The Morgan fingerprint density at radius 3 is 2.70 bits per heavy atom. The van der Waals surface area contributed by atoms with E-state index in [-0.39, 0.29) is 10.8 Å². The summed E-state index contributed by atoms with van der Waals surface area (Å²) in [6.45, 7) is 3.54. The maximum absolute atomic E-state index is 12.5. The van der Waals surface area contributed by atoms with Gasteiger partial charge in [0.1, 0.15) is 11.5 Å². The highest BCUT2D eigenvalue weighted by Crippen LogP contribution is 2.26. The average Bonchev–Trinajstić information content (AvgIpc) is 2.93. The van der Waals surface area contributed by atoms with Crippen molar-refractivity contribution in [1.29, 1.82) is 0 Å². The third-order valence-corrected chi connectivity index (χ3v) is 5.34. The Bertz CT molecular complexity index is 855. The highest BCUT2D eigenvalue weighted by molar-refractivity contribution is 7.89. The fourth-order valence-electron chi connectivity index (χ4n) is 2.57. The highest BCUT2D eigenvalue weighted by Gasteiger charge is 2.23. The number of amides is 1. The van der Waals surface area contributed by atoms with E-state index in [1.807, 2.05) is 6.92 Å². The molecule has 0 saturated heterocycles. The predicted octanol–water partition coefficient (Wildman–Crippen LogP) is 2.51. The van der Waals surface area contributed by atoms with Gasteiger partial charge in [-0.2, -0.15) is 0 Å². The zero-order valence-corrected chi connectivity index (χ0v) is 13.7. The number of furan rings is 1. The molecule has 7 heteroatoms. The zero-order chi connectivity index (χ0) is 16.6. The van der Waals surface area contributed by atoms with Gasteiger partial charge in [-0.25, -0.2) is 13.1 Å². The Morgan fingerprint density at radius 1 is 1.22 bits per heavy atom. The van der Waals surface area contributed by atoms with Gasteiger partial charge in [0.05, 0.1) is 10.9 Å². The molecular weight excluding hydrogens is 316 g/mol. The Kier molecular flexibility index (Phi) is 3.99. The van der Waals surface area contributed by atoms with Gasteiger partial charge < -0.3 is 9.73 Å². The molecule has 1 amide bonds. The number of hydrogen-bond donors (Lipinski definition) is 2. The molecule has 6 nitrogen and oxygen atoms in total. The Balaban J connectivity index is 1.84. The molecule has 23 heavy (non-hydrogen) atoms. The number of carbonyl (C=O) groups is 1. The highest BCUT2D eigenvalue weighted by atomic mass is 32.2. The van der Waals surface area contributed by atoms with Gasteiger partial charge in [-0.3, -0.25) is 4.79 Å². The molecule has 0 saturated carbocycles. The summed E-state index contributed by atoms with van der Waals surface area (Å²) in [5, 5.41) is 2.74. The van der Waals surface area contributed by atoms with Crippen molar-refractivity contribution in [3.05, 3.63) is 47.4 Å². The van der Waals surface area contributed by atoms with Gasteiger partial charge >= 0.3 is 0 Å². The number of aryl methyl sites for hydroxylation is 2. The summed E-state index contributed by atoms with van der Waals surface area (Å²) in [4.78, 5) is 11.5. The van der Waals surface area contributed by atoms with Gasteiger partial charge in [-0.1, -0.05) is 0 Å². The lowest BCUT2D eigenvalue weighted by molar-refractivity contribution is -0.116. The summed E-state index contributed by atoms with van der Waals surface area (Å²) in [5.74, 6) is 1.25. The van der Waals surface area contributed by atoms with Crippen molar-refractivity contribution in [2.45, 2.75) is 37.6 Å². The van der Waals surface area contributed by atoms with Crippen molar-refractivity contribution >= 4 is 21.6 Å². The molecule has 0 unspecified atom stereocenters. The van der Waals surface area contributed by atoms with Crippen LogP contribution in [0.5, 0.6) is 0 Å². The van der Waals surface area contributed by atoms with Crippen LogP contribution in [0.1, 0.15) is 36.5 Å². The van der Waals surface area contributed by atoms with Gasteiger partial charge in [0, 0.05) is 12.1 Å². The Hall–Kier alpha value is -2.12. The number of sulfonamides is 1. The maximum atomic E-state index is 12.5. The van der Waals surface area contributed by atoms with E-state index >= 15 is 0 Å². The second-order valence-electron chi connectivity index (χ2n) is 5.66. The van der Waals surface area contributed by atoms with E-state index in [0.717, 1.165) is 11.3 Å². The van der Waals surface area contributed by atoms with E-state index in [9.17, 15) is 13.2 Å². The molecule has 2 aromatic rings. The zero-order valence-electron chi connectivity index (χ0n) is 12.9.